The van der Waals surface area contributed by atoms with E-state index in [9.17, 15) is 9.90 Å². The van der Waals surface area contributed by atoms with Crippen molar-refractivity contribution in [2.75, 3.05) is 13.1 Å². The number of likely N-dealkylation sites (N-methyl/N-ethyl adjacent to an activating group) is 1. The maximum absolute atomic E-state index is 12.6. The zero-order valence-corrected chi connectivity index (χ0v) is 15.5. The smallest absolute Gasteiger partial charge is 0.253 e. The van der Waals surface area contributed by atoms with Gasteiger partial charge in [-0.15, -0.1) is 0 Å². The normalized spacial score (nSPS) is 11.4. The molecule has 1 N–H and O–H groups in total. The highest BCUT2D eigenvalue weighted by Crippen LogP contribution is 2.19. The molecule has 1 amide bonds. The highest BCUT2D eigenvalue weighted by atomic mass is 16.5. The summed E-state index contributed by atoms with van der Waals surface area (Å²) in [5, 5.41) is 13.8. The molecule has 0 saturated heterocycles. The van der Waals surface area contributed by atoms with Crippen LogP contribution in [0.1, 0.15) is 48.1 Å². The lowest BCUT2D eigenvalue weighted by Crippen LogP contribution is -2.42. The lowest BCUT2D eigenvalue weighted by atomic mass is 10.1. The fourth-order valence-electron chi connectivity index (χ4n) is 2.53. The van der Waals surface area contributed by atoms with Gasteiger partial charge in [0.1, 0.15) is 18.1 Å². The fourth-order valence-corrected chi connectivity index (χ4v) is 2.53. The second-order valence-electron chi connectivity index (χ2n) is 6.75. The van der Waals surface area contributed by atoms with Crippen LogP contribution in [0, 0.1) is 13.8 Å². The monoisotopic (exact) mass is 346 g/mol. The molecule has 0 atom stereocenters. The van der Waals surface area contributed by atoms with E-state index in [1.54, 1.807) is 43.0 Å². The Balaban J connectivity index is 2.02. The standard InChI is InChI=1S/C19H26N2O4/c1-6-21(12-19(4,5)23)18(22)15-7-9-16(10-8-15)24-11-17-13(2)20-25-14(17)3/h7-10,23H,6,11-12H2,1-5H3. The Kier molecular flexibility index (Phi) is 5.85. The van der Waals surface area contributed by atoms with Crippen molar-refractivity contribution in [3.8, 4) is 5.75 Å². The highest BCUT2D eigenvalue weighted by molar-refractivity contribution is 5.94. The number of ether oxygens (including phenoxy) is 1. The quantitative estimate of drug-likeness (QED) is 0.834. The van der Waals surface area contributed by atoms with Crippen molar-refractivity contribution in [3.05, 3.63) is 46.8 Å². The number of aromatic nitrogens is 1. The van der Waals surface area contributed by atoms with Gasteiger partial charge in [-0.3, -0.25) is 4.79 Å². The SMILES string of the molecule is CCN(CC(C)(C)O)C(=O)c1ccc(OCc2c(C)noc2C)cc1. The number of nitrogens with zero attached hydrogens (tertiary/aromatic N) is 2. The molecule has 6 heteroatoms. The van der Waals surface area contributed by atoms with Gasteiger partial charge in [0.15, 0.2) is 0 Å². The minimum atomic E-state index is -0.928. The van der Waals surface area contributed by atoms with Gasteiger partial charge in [-0.2, -0.15) is 0 Å². The van der Waals surface area contributed by atoms with Crippen LogP contribution in [0.25, 0.3) is 0 Å². The Morgan fingerprint density at radius 2 is 1.92 bits per heavy atom. The van der Waals surface area contributed by atoms with Crippen LogP contribution in [0.15, 0.2) is 28.8 Å². The summed E-state index contributed by atoms with van der Waals surface area (Å²) in [5.41, 5.74) is 1.39. The Hall–Kier alpha value is -2.34. The molecule has 0 aliphatic heterocycles. The van der Waals surface area contributed by atoms with Crippen molar-refractivity contribution in [1.82, 2.24) is 10.1 Å². The van der Waals surface area contributed by atoms with Gasteiger partial charge in [-0.1, -0.05) is 5.16 Å². The van der Waals surface area contributed by atoms with E-state index in [0.717, 1.165) is 17.0 Å². The molecule has 0 saturated carbocycles. The van der Waals surface area contributed by atoms with Crippen LogP contribution in [0.3, 0.4) is 0 Å². The summed E-state index contributed by atoms with van der Waals surface area (Å²) in [6, 6.07) is 7.00. The average molecular weight is 346 g/mol. The van der Waals surface area contributed by atoms with E-state index in [0.29, 0.717) is 24.5 Å². The topological polar surface area (TPSA) is 75.8 Å². The van der Waals surface area contributed by atoms with E-state index in [1.807, 2.05) is 20.8 Å². The number of carbonyl (C=O) groups is 1. The molecule has 0 radical (unpaired) electrons. The minimum Gasteiger partial charge on any atom is -0.489 e. The van der Waals surface area contributed by atoms with Gasteiger partial charge in [0.05, 0.1) is 16.9 Å². The van der Waals surface area contributed by atoms with Gasteiger partial charge in [0.2, 0.25) is 0 Å². The van der Waals surface area contributed by atoms with E-state index >= 15 is 0 Å². The van der Waals surface area contributed by atoms with Gasteiger partial charge in [0, 0.05) is 18.7 Å². The number of rotatable bonds is 7. The van der Waals surface area contributed by atoms with Crippen molar-refractivity contribution in [3.63, 3.8) is 0 Å². The van der Waals surface area contributed by atoms with Crippen molar-refractivity contribution in [2.45, 2.75) is 46.8 Å². The van der Waals surface area contributed by atoms with Gasteiger partial charge in [0.25, 0.3) is 5.91 Å². The third kappa shape index (κ3) is 5.06. The largest absolute Gasteiger partial charge is 0.489 e. The van der Waals surface area contributed by atoms with E-state index in [2.05, 4.69) is 5.16 Å². The molecular formula is C19H26N2O4. The van der Waals surface area contributed by atoms with Crippen molar-refractivity contribution < 1.29 is 19.2 Å². The zero-order chi connectivity index (χ0) is 18.6. The number of carbonyl (C=O) groups excluding carboxylic acids is 1. The molecule has 0 fully saturated rings. The fraction of sp³-hybridized carbons (Fsp3) is 0.474. The van der Waals surface area contributed by atoms with Crippen molar-refractivity contribution in [2.24, 2.45) is 0 Å². The molecule has 1 aromatic heterocycles. The zero-order valence-electron chi connectivity index (χ0n) is 15.5. The predicted molar refractivity (Wildman–Crippen MR) is 94.6 cm³/mol. The van der Waals surface area contributed by atoms with Crippen molar-refractivity contribution >= 4 is 5.91 Å². The highest BCUT2D eigenvalue weighted by Gasteiger charge is 2.22. The molecule has 2 aromatic rings. The molecular weight excluding hydrogens is 320 g/mol. The summed E-state index contributed by atoms with van der Waals surface area (Å²) in [5.74, 6) is 1.30. The first-order valence-electron chi connectivity index (χ1n) is 8.37. The van der Waals surface area contributed by atoms with Crippen LogP contribution < -0.4 is 4.74 Å². The summed E-state index contributed by atoms with van der Waals surface area (Å²) in [6.07, 6.45) is 0. The van der Waals surface area contributed by atoms with Crippen LogP contribution >= 0.6 is 0 Å². The third-order valence-corrected chi connectivity index (χ3v) is 3.91. The van der Waals surface area contributed by atoms with Crippen molar-refractivity contribution in [1.29, 1.82) is 0 Å². The molecule has 0 aliphatic carbocycles. The molecule has 6 nitrogen and oxygen atoms in total. The molecule has 0 spiro atoms. The Morgan fingerprint density at radius 3 is 2.40 bits per heavy atom. The average Bonchev–Trinajstić information content (AvgIpc) is 2.88. The van der Waals surface area contributed by atoms with Crippen LogP contribution in [0.4, 0.5) is 0 Å². The van der Waals surface area contributed by atoms with Crippen LogP contribution in [-0.4, -0.2) is 39.8 Å². The van der Waals surface area contributed by atoms with E-state index in [-0.39, 0.29) is 12.5 Å². The molecule has 1 aromatic carbocycles. The molecule has 25 heavy (non-hydrogen) atoms. The second kappa shape index (κ2) is 7.70. The Labute approximate surface area is 148 Å². The lowest BCUT2D eigenvalue weighted by molar-refractivity contribution is 0.0314. The first kappa shape index (κ1) is 19.0. The van der Waals surface area contributed by atoms with E-state index in [4.69, 9.17) is 9.26 Å². The van der Waals surface area contributed by atoms with Crippen LogP contribution in [0.2, 0.25) is 0 Å². The maximum atomic E-state index is 12.6. The summed E-state index contributed by atoms with van der Waals surface area (Å²) in [6.45, 7) is 10.2. The molecule has 0 unspecified atom stereocenters. The first-order valence-corrected chi connectivity index (χ1v) is 8.37. The number of hydrogen-bond acceptors (Lipinski definition) is 5. The number of aryl methyl sites for hydroxylation is 2. The maximum Gasteiger partial charge on any atom is 0.253 e. The Bertz CT molecular complexity index is 695. The first-order chi connectivity index (χ1) is 11.7. The van der Waals surface area contributed by atoms with Gasteiger partial charge >= 0.3 is 0 Å². The summed E-state index contributed by atoms with van der Waals surface area (Å²) in [7, 11) is 0. The number of amides is 1. The van der Waals surface area contributed by atoms with Gasteiger partial charge < -0.3 is 19.3 Å². The van der Waals surface area contributed by atoms with E-state index < -0.39 is 5.60 Å². The summed E-state index contributed by atoms with van der Waals surface area (Å²) in [4.78, 5) is 14.2. The summed E-state index contributed by atoms with van der Waals surface area (Å²) >= 11 is 0. The Morgan fingerprint density at radius 1 is 1.28 bits per heavy atom. The lowest BCUT2D eigenvalue weighted by Gasteiger charge is -2.28. The molecule has 0 aliphatic rings. The van der Waals surface area contributed by atoms with E-state index in [1.165, 1.54) is 0 Å². The summed E-state index contributed by atoms with van der Waals surface area (Å²) < 4.78 is 10.9. The molecule has 136 valence electrons. The number of aliphatic hydroxyl groups is 1. The van der Waals surface area contributed by atoms with Gasteiger partial charge in [-0.25, -0.2) is 0 Å². The number of hydrogen-bond donors (Lipinski definition) is 1. The third-order valence-electron chi connectivity index (χ3n) is 3.91. The van der Waals surface area contributed by atoms with Gasteiger partial charge in [-0.05, 0) is 58.9 Å². The van der Waals surface area contributed by atoms with Crippen LogP contribution in [-0.2, 0) is 6.61 Å². The second-order valence-corrected chi connectivity index (χ2v) is 6.75. The minimum absolute atomic E-state index is 0.109. The molecule has 1 heterocycles. The molecule has 2 rings (SSSR count). The molecule has 0 bridgehead atoms. The van der Waals surface area contributed by atoms with Crippen LogP contribution in [0.5, 0.6) is 5.75 Å². The predicted octanol–water partition coefficient (Wildman–Crippen LogP) is 3.10. The number of benzene rings is 1.